The molecule has 0 radical (unpaired) electrons. The summed E-state index contributed by atoms with van der Waals surface area (Å²) in [6.07, 6.45) is 1.97. The van der Waals surface area contributed by atoms with Crippen molar-refractivity contribution in [2.45, 2.75) is 26.2 Å². The van der Waals surface area contributed by atoms with Crippen molar-refractivity contribution in [1.82, 2.24) is 0 Å². The number of ketones is 1. The summed E-state index contributed by atoms with van der Waals surface area (Å²) in [5.74, 6) is 0.546. The Balaban J connectivity index is 2.16. The Hall–Kier alpha value is -1.36. The number of rotatable bonds is 5. The van der Waals surface area contributed by atoms with Gasteiger partial charge in [-0.2, -0.15) is 0 Å². The average molecular weight is 295 g/mol. The maximum absolute atomic E-state index is 12.0. The summed E-state index contributed by atoms with van der Waals surface area (Å²) in [7, 11) is -2.99. The lowest BCUT2D eigenvalue weighted by molar-refractivity contribution is 0.0984. The zero-order valence-electron chi connectivity index (χ0n) is 11.8. The van der Waals surface area contributed by atoms with E-state index in [1.807, 2.05) is 36.1 Å². The number of nitrogens with zero attached hydrogens (tertiary/aromatic N) is 1. The van der Waals surface area contributed by atoms with Crippen molar-refractivity contribution in [1.29, 1.82) is 0 Å². The molecular weight excluding hydrogens is 274 g/mol. The molecule has 0 unspecified atom stereocenters. The lowest BCUT2D eigenvalue weighted by Crippen LogP contribution is -2.30. The second-order valence-corrected chi connectivity index (χ2v) is 7.49. The van der Waals surface area contributed by atoms with Gasteiger partial charge in [-0.25, -0.2) is 8.42 Å². The van der Waals surface area contributed by atoms with Crippen molar-refractivity contribution in [3.05, 3.63) is 29.8 Å². The number of benzene rings is 1. The minimum Gasteiger partial charge on any atom is -0.370 e. The first-order chi connectivity index (χ1) is 9.53. The summed E-state index contributed by atoms with van der Waals surface area (Å²) in [4.78, 5) is 14.0. The van der Waals surface area contributed by atoms with E-state index in [1.54, 1.807) is 0 Å². The third kappa shape index (κ3) is 3.60. The zero-order valence-corrected chi connectivity index (χ0v) is 12.7. The lowest BCUT2D eigenvalue weighted by Gasteiger charge is -2.24. The van der Waals surface area contributed by atoms with Gasteiger partial charge in [-0.05, 0) is 25.0 Å². The number of para-hydroxylation sites is 1. The van der Waals surface area contributed by atoms with Crippen molar-refractivity contribution < 1.29 is 13.2 Å². The molecule has 0 aliphatic carbocycles. The minimum atomic E-state index is -2.99. The molecule has 4 nitrogen and oxygen atoms in total. The molecule has 0 N–H and O–H groups in total. The molecule has 1 aromatic rings. The minimum absolute atomic E-state index is 0.152. The van der Waals surface area contributed by atoms with Gasteiger partial charge in [0, 0.05) is 36.5 Å². The second-order valence-electron chi connectivity index (χ2n) is 5.18. The predicted octanol–water partition coefficient (Wildman–Crippen LogP) is 2.29. The van der Waals surface area contributed by atoms with Gasteiger partial charge in [-0.15, -0.1) is 0 Å². The molecule has 110 valence electrons. The van der Waals surface area contributed by atoms with Gasteiger partial charge in [0.15, 0.2) is 15.6 Å². The molecule has 0 saturated carbocycles. The SMILES string of the molecule is CCCS(=O)(=O)CCN1CCCC(=O)c2ccccc21. The Labute approximate surface area is 120 Å². The van der Waals surface area contributed by atoms with Crippen LogP contribution in [0.3, 0.4) is 0 Å². The Morgan fingerprint density at radius 2 is 1.95 bits per heavy atom. The normalized spacial score (nSPS) is 15.8. The summed E-state index contributed by atoms with van der Waals surface area (Å²) in [5, 5.41) is 0. The topological polar surface area (TPSA) is 54.5 Å². The maximum Gasteiger partial charge on any atom is 0.165 e. The fourth-order valence-corrected chi connectivity index (χ4v) is 3.89. The van der Waals surface area contributed by atoms with E-state index >= 15 is 0 Å². The highest BCUT2D eigenvalue weighted by Gasteiger charge is 2.21. The average Bonchev–Trinajstić information content (AvgIpc) is 2.57. The van der Waals surface area contributed by atoms with Crippen LogP contribution in [0.1, 0.15) is 36.5 Å². The zero-order chi connectivity index (χ0) is 14.6. The number of carbonyl (C=O) groups is 1. The molecule has 0 aromatic heterocycles. The van der Waals surface area contributed by atoms with Gasteiger partial charge in [0.25, 0.3) is 0 Å². The number of hydrogen-bond donors (Lipinski definition) is 0. The fraction of sp³-hybridized carbons (Fsp3) is 0.533. The first-order valence-electron chi connectivity index (χ1n) is 7.11. The molecule has 5 heteroatoms. The van der Waals surface area contributed by atoms with Crippen LogP contribution in [-0.2, 0) is 9.84 Å². The van der Waals surface area contributed by atoms with Crippen LogP contribution in [0, 0.1) is 0 Å². The van der Waals surface area contributed by atoms with E-state index in [1.165, 1.54) is 0 Å². The molecule has 20 heavy (non-hydrogen) atoms. The standard InChI is InChI=1S/C15H21NO3S/c1-2-11-20(18,19)12-10-16-9-5-8-15(17)13-6-3-4-7-14(13)16/h3-4,6-7H,2,5,8-12H2,1H3. The van der Waals surface area contributed by atoms with Crippen LogP contribution in [0.2, 0.25) is 0 Å². The van der Waals surface area contributed by atoms with Crippen molar-refractivity contribution in [3.8, 4) is 0 Å². The number of Topliss-reactive ketones (excluding diaryl/α,β-unsaturated/α-hetero) is 1. The number of anilines is 1. The van der Waals surface area contributed by atoms with E-state index in [2.05, 4.69) is 0 Å². The van der Waals surface area contributed by atoms with E-state index in [0.29, 0.717) is 19.4 Å². The molecule has 1 aliphatic heterocycles. The first kappa shape index (κ1) is 15.0. The summed E-state index contributed by atoms with van der Waals surface area (Å²) in [6.45, 7) is 3.08. The van der Waals surface area contributed by atoms with Gasteiger partial charge in [0.05, 0.1) is 5.75 Å². The fourth-order valence-electron chi connectivity index (χ4n) is 2.57. The number of hydrogen-bond acceptors (Lipinski definition) is 4. The quantitative estimate of drug-likeness (QED) is 0.836. The molecule has 1 heterocycles. The Bertz CT molecular complexity index is 581. The third-order valence-corrected chi connectivity index (χ3v) is 5.40. The van der Waals surface area contributed by atoms with Gasteiger partial charge < -0.3 is 4.90 Å². The molecule has 0 saturated heterocycles. The van der Waals surface area contributed by atoms with Crippen molar-refractivity contribution in [3.63, 3.8) is 0 Å². The van der Waals surface area contributed by atoms with Crippen LogP contribution in [0.15, 0.2) is 24.3 Å². The van der Waals surface area contributed by atoms with Crippen molar-refractivity contribution in [2.75, 3.05) is 29.5 Å². The lowest BCUT2D eigenvalue weighted by atomic mass is 10.1. The predicted molar refractivity (Wildman–Crippen MR) is 81.2 cm³/mol. The van der Waals surface area contributed by atoms with E-state index in [0.717, 1.165) is 24.2 Å². The van der Waals surface area contributed by atoms with Gasteiger partial charge in [0.2, 0.25) is 0 Å². The van der Waals surface area contributed by atoms with E-state index in [-0.39, 0.29) is 17.3 Å². The van der Waals surface area contributed by atoms with Gasteiger partial charge >= 0.3 is 0 Å². The van der Waals surface area contributed by atoms with E-state index in [9.17, 15) is 13.2 Å². The van der Waals surface area contributed by atoms with Gasteiger partial charge in [-0.1, -0.05) is 19.1 Å². The van der Waals surface area contributed by atoms with Crippen LogP contribution in [0.25, 0.3) is 0 Å². The second kappa shape index (κ2) is 6.39. The monoisotopic (exact) mass is 295 g/mol. The summed E-state index contributed by atoms with van der Waals surface area (Å²) >= 11 is 0. The molecule has 1 aromatic carbocycles. The van der Waals surface area contributed by atoms with Crippen LogP contribution in [-0.4, -0.2) is 38.8 Å². The van der Waals surface area contributed by atoms with Crippen molar-refractivity contribution >= 4 is 21.3 Å². The number of fused-ring (bicyclic) bond motifs is 1. The Morgan fingerprint density at radius 1 is 1.20 bits per heavy atom. The summed E-state index contributed by atoms with van der Waals surface area (Å²) < 4.78 is 23.7. The Kier molecular flexibility index (Phi) is 4.81. The van der Waals surface area contributed by atoms with E-state index < -0.39 is 9.84 Å². The maximum atomic E-state index is 12.0. The van der Waals surface area contributed by atoms with Crippen LogP contribution >= 0.6 is 0 Å². The number of carbonyl (C=O) groups excluding carboxylic acids is 1. The summed E-state index contributed by atoms with van der Waals surface area (Å²) in [6, 6.07) is 7.49. The van der Waals surface area contributed by atoms with Crippen molar-refractivity contribution in [2.24, 2.45) is 0 Å². The molecule has 2 rings (SSSR count). The highest BCUT2D eigenvalue weighted by atomic mass is 32.2. The molecule has 0 fully saturated rings. The highest BCUT2D eigenvalue weighted by Crippen LogP contribution is 2.25. The first-order valence-corrected chi connectivity index (χ1v) is 8.93. The van der Waals surface area contributed by atoms with Crippen LogP contribution < -0.4 is 4.90 Å². The third-order valence-electron chi connectivity index (χ3n) is 3.56. The molecule has 1 aliphatic rings. The Morgan fingerprint density at radius 3 is 2.70 bits per heavy atom. The van der Waals surface area contributed by atoms with E-state index in [4.69, 9.17) is 0 Å². The number of sulfone groups is 1. The molecule has 0 spiro atoms. The van der Waals surface area contributed by atoms with Gasteiger partial charge in [0.1, 0.15) is 0 Å². The van der Waals surface area contributed by atoms with Crippen LogP contribution in [0.5, 0.6) is 0 Å². The smallest absolute Gasteiger partial charge is 0.165 e. The van der Waals surface area contributed by atoms with Gasteiger partial charge in [-0.3, -0.25) is 4.79 Å². The molecule has 0 bridgehead atoms. The molecule has 0 amide bonds. The highest BCUT2D eigenvalue weighted by molar-refractivity contribution is 7.91. The van der Waals surface area contributed by atoms with Crippen LogP contribution in [0.4, 0.5) is 5.69 Å². The molecular formula is C15H21NO3S. The largest absolute Gasteiger partial charge is 0.370 e. The molecule has 0 atom stereocenters. The summed E-state index contributed by atoms with van der Waals surface area (Å²) in [5.41, 5.74) is 1.60.